The van der Waals surface area contributed by atoms with E-state index in [1.165, 1.54) is 5.56 Å². The summed E-state index contributed by atoms with van der Waals surface area (Å²) in [4.78, 5) is 18.9. The summed E-state index contributed by atoms with van der Waals surface area (Å²) in [6.07, 6.45) is 4.65. The van der Waals surface area contributed by atoms with Crippen molar-refractivity contribution in [2.45, 2.75) is 31.3 Å². The van der Waals surface area contributed by atoms with Crippen LogP contribution >= 0.6 is 0 Å². The maximum absolute atomic E-state index is 12.7. The molecule has 1 aliphatic heterocycles. The number of benzene rings is 1. The van der Waals surface area contributed by atoms with Gasteiger partial charge in [0.15, 0.2) is 0 Å². The monoisotopic (exact) mass is 322 g/mol. The highest BCUT2D eigenvalue weighted by atomic mass is 16.5. The number of likely N-dealkylation sites (tertiary alicyclic amines) is 1. The molecule has 4 nitrogen and oxygen atoms in total. The Morgan fingerprint density at radius 3 is 2.50 bits per heavy atom. The minimum absolute atomic E-state index is 0.160. The first-order chi connectivity index (χ1) is 11.8. The van der Waals surface area contributed by atoms with E-state index in [0.717, 1.165) is 32.4 Å². The van der Waals surface area contributed by atoms with Crippen LogP contribution in [0.5, 0.6) is 5.88 Å². The summed E-state index contributed by atoms with van der Waals surface area (Å²) in [5, 5.41) is 0. The summed E-state index contributed by atoms with van der Waals surface area (Å²) in [5.41, 5.74) is 1.30. The van der Waals surface area contributed by atoms with Gasteiger partial charge in [0, 0.05) is 44.1 Å². The Morgan fingerprint density at radius 2 is 1.79 bits per heavy atom. The zero-order valence-corrected chi connectivity index (χ0v) is 13.7. The molecule has 2 aromatic rings. The lowest BCUT2D eigenvalue weighted by Crippen LogP contribution is -2.42. The van der Waals surface area contributed by atoms with Crippen LogP contribution in [-0.2, 0) is 4.79 Å². The van der Waals surface area contributed by atoms with Crippen LogP contribution in [0.2, 0.25) is 0 Å². The van der Waals surface area contributed by atoms with E-state index in [4.69, 9.17) is 4.74 Å². The zero-order chi connectivity index (χ0) is 16.4. The SMILES string of the molecule is O=C([C@H]1C[C@@H]1c1ccccc1)N1CCC(Oc2ccccn2)CC1. The largest absolute Gasteiger partial charge is 0.474 e. The highest BCUT2D eigenvalue weighted by Crippen LogP contribution is 2.48. The van der Waals surface area contributed by atoms with Crippen LogP contribution in [0.25, 0.3) is 0 Å². The molecule has 24 heavy (non-hydrogen) atoms. The van der Waals surface area contributed by atoms with E-state index in [-0.39, 0.29) is 12.0 Å². The average molecular weight is 322 g/mol. The molecular formula is C20H22N2O2. The number of hydrogen-bond donors (Lipinski definition) is 0. The number of rotatable bonds is 4. The van der Waals surface area contributed by atoms with Crippen molar-refractivity contribution in [3.8, 4) is 5.88 Å². The smallest absolute Gasteiger partial charge is 0.226 e. The van der Waals surface area contributed by atoms with Crippen molar-refractivity contribution in [1.29, 1.82) is 0 Å². The quantitative estimate of drug-likeness (QED) is 0.868. The molecule has 1 saturated heterocycles. The Kier molecular flexibility index (Phi) is 4.20. The normalized spacial score (nSPS) is 23.8. The molecule has 0 N–H and O–H groups in total. The van der Waals surface area contributed by atoms with Crippen LogP contribution in [0, 0.1) is 5.92 Å². The van der Waals surface area contributed by atoms with Crippen molar-refractivity contribution in [2.75, 3.05) is 13.1 Å². The summed E-state index contributed by atoms with van der Waals surface area (Å²) in [6.45, 7) is 1.57. The molecule has 2 atom stereocenters. The number of ether oxygens (including phenoxy) is 1. The van der Waals surface area contributed by atoms with Crippen molar-refractivity contribution in [2.24, 2.45) is 5.92 Å². The van der Waals surface area contributed by atoms with Gasteiger partial charge in [-0.25, -0.2) is 4.98 Å². The predicted octanol–water partition coefficient (Wildman–Crippen LogP) is 3.26. The number of hydrogen-bond acceptors (Lipinski definition) is 3. The highest BCUT2D eigenvalue weighted by molar-refractivity contribution is 5.83. The predicted molar refractivity (Wildman–Crippen MR) is 91.8 cm³/mol. The number of carbonyl (C=O) groups excluding carboxylic acids is 1. The van der Waals surface area contributed by atoms with Crippen LogP contribution in [0.4, 0.5) is 0 Å². The van der Waals surface area contributed by atoms with E-state index in [1.54, 1.807) is 6.20 Å². The Labute approximate surface area is 142 Å². The molecule has 0 unspecified atom stereocenters. The van der Waals surface area contributed by atoms with E-state index >= 15 is 0 Å². The summed E-state index contributed by atoms with van der Waals surface area (Å²) in [7, 11) is 0. The number of aromatic nitrogens is 1. The van der Waals surface area contributed by atoms with Gasteiger partial charge in [-0.3, -0.25) is 4.79 Å². The molecule has 2 heterocycles. The molecule has 0 spiro atoms. The zero-order valence-electron chi connectivity index (χ0n) is 13.7. The Hall–Kier alpha value is -2.36. The third kappa shape index (κ3) is 3.28. The van der Waals surface area contributed by atoms with Crippen LogP contribution in [0.1, 0.15) is 30.7 Å². The second-order valence-electron chi connectivity index (χ2n) is 6.67. The lowest BCUT2D eigenvalue weighted by molar-refractivity contribution is -0.134. The number of piperidine rings is 1. The standard InChI is InChI=1S/C20H22N2O2/c23-20(18-14-17(18)15-6-2-1-3-7-15)22-12-9-16(10-13-22)24-19-8-4-5-11-21-19/h1-8,11,16-18H,9-10,12-14H2/t17-,18+/m1/s1. The van der Waals surface area contributed by atoms with Gasteiger partial charge in [-0.1, -0.05) is 36.4 Å². The molecule has 1 aliphatic carbocycles. The molecule has 2 fully saturated rings. The first-order valence-electron chi connectivity index (χ1n) is 8.72. The molecule has 2 aliphatic rings. The lowest BCUT2D eigenvalue weighted by atomic mass is 10.1. The molecule has 4 rings (SSSR count). The fourth-order valence-corrected chi connectivity index (χ4v) is 3.55. The second-order valence-corrected chi connectivity index (χ2v) is 6.67. The van der Waals surface area contributed by atoms with Crippen molar-refractivity contribution >= 4 is 5.91 Å². The van der Waals surface area contributed by atoms with Gasteiger partial charge in [0.1, 0.15) is 6.10 Å². The number of nitrogens with zero attached hydrogens (tertiary/aromatic N) is 2. The van der Waals surface area contributed by atoms with Crippen molar-refractivity contribution in [3.63, 3.8) is 0 Å². The summed E-state index contributed by atoms with van der Waals surface area (Å²) >= 11 is 0. The van der Waals surface area contributed by atoms with Crippen LogP contribution in [0.3, 0.4) is 0 Å². The van der Waals surface area contributed by atoms with Gasteiger partial charge in [-0.15, -0.1) is 0 Å². The van der Waals surface area contributed by atoms with Crippen LogP contribution in [0.15, 0.2) is 54.7 Å². The number of carbonyl (C=O) groups is 1. The van der Waals surface area contributed by atoms with Crippen molar-refractivity contribution in [1.82, 2.24) is 9.88 Å². The molecule has 1 aromatic heterocycles. The van der Waals surface area contributed by atoms with Crippen LogP contribution < -0.4 is 4.74 Å². The van der Waals surface area contributed by atoms with E-state index in [9.17, 15) is 4.79 Å². The van der Waals surface area contributed by atoms with Gasteiger partial charge >= 0.3 is 0 Å². The lowest BCUT2D eigenvalue weighted by Gasteiger charge is -2.32. The molecule has 1 amide bonds. The van der Waals surface area contributed by atoms with Crippen LogP contribution in [-0.4, -0.2) is 35.0 Å². The van der Waals surface area contributed by atoms with Crippen molar-refractivity contribution in [3.05, 3.63) is 60.3 Å². The van der Waals surface area contributed by atoms with Gasteiger partial charge in [0.2, 0.25) is 11.8 Å². The van der Waals surface area contributed by atoms with E-state index in [2.05, 4.69) is 29.2 Å². The van der Waals surface area contributed by atoms with E-state index < -0.39 is 0 Å². The van der Waals surface area contributed by atoms with Gasteiger partial charge in [0.25, 0.3) is 0 Å². The fourth-order valence-electron chi connectivity index (χ4n) is 3.55. The molecular weight excluding hydrogens is 300 g/mol. The van der Waals surface area contributed by atoms with E-state index in [1.807, 2.05) is 29.2 Å². The van der Waals surface area contributed by atoms with Gasteiger partial charge in [-0.05, 0) is 24.0 Å². The Morgan fingerprint density at radius 1 is 1.04 bits per heavy atom. The van der Waals surface area contributed by atoms with E-state index in [0.29, 0.717) is 17.7 Å². The molecule has 1 aromatic carbocycles. The Bertz CT molecular complexity index is 681. The molecule has 1 saturated carbocycles. The minimum atomic E-state index is 0.160. The second kappa shape index (κ2) is 6.63. The third-order valence-electron chi connectivity index (χ3n) is 5.01. The maximum Gasteiger partial charge on any atom is 0.226 e. The fraction of sp³-hybridized carbons (Fsp3) is 0.400. The molecule has 4 heteroatoms. The third-order valence-corrected chi connectivity index (χ3v) is 5.01. The summed E-state index contributed by atoms with van der Waals surface area (Å²) in [5.74, 6) is 1.59. The van der Waals surface area contributed by atoms with Gasteiger partial charge < -0.3 is 9.64 Å². The molecule has 0 bridgehead atoms. The number of amides is 1. The first kappa shape index (κ1) is 15.2. The first-order valence-corrected chi connectivity index (χ1v) is 8.72. The topological polar surface area (TPSA) is 42.4 Å². The molecule has 0 radical (unpaired) electrons. The average Bonchev–Trinajstić information content (AvgIpc) is 3.44. The highest BCUT2D eigenvalue weighted by Gasteiger charge is 2.46. The molecule has 124 valence electrons. The summed E-state index contributed by atoms with van der Waals surface area (Å²) in [6, 6.07) is 16.1. The van der Waals surface area contributed by atoms with Crippen molar-refractivity contribution < 1.29 is 9.53 Å². The Balaban J connectivity index is 1.28. The van der Waals surface area contributed by atoms with Gasteiger partial charge in [0.05, 0.1) is 0 Å². The summed E-state index contributed by atoms with van der Waals surface area (Å²) < 4.78 is 5.90. The number of pyridine rings is 1. The maximum atomic E-state index is 12.7. The minimum Gasteiger partial charge on any atom is -0.474 e. The van der Waals surface area contributed by atoms with Gasteiger partial charge in [-0.2, -0.15) is 0 Å².